The van der Waals surface area contributed by atoms with E-state index in [1.807, 2.05) is 31.4 Å². The number of nitrogens with zero attached hydrogens (tertiary/aromatic N) is 1. The van der Waals surface area contributed by atoms with Crippen molar-refractivity contribution < 1.29 is 9.21 Å². The van der Waals surface area contributed by atoms with E-state index in [1.165, 1.54) is 18.7 Å². The highest BCUT2D eigenvalue weighted by Crippen LogP contribution is 2.24. The van der Waals surface area contributed by atoms with E-state index < -0.39 is 0 Å². The van der Waals surface area contributed by atoms with Crippen LogP contribution in [0.4, 0.5) is 0 Å². The van der Waals surface area contributed by atoms with Gasteiger partial charge in [-0.2, -0.15) is 0 Å². The van der Waals surface area contributed by atoms with Crippen molar-refractivity contribution in [3.8, 4) is 0 Å². The molecule has 17 heavy (non-hydrogen) atoms. The number of rotatable bonds is 3. The molecular weight excluding hydrogens is 236 g/mol. The second-order valence-corrected chi connectivity index (χ2v) is 4.59. The summed E-state index contributed by atoms with van der Waals surface area (Å²) in [7, 11) is 0. The van der Waals surface area contributed by atoms with Gasteiger partial charge in [0.15, 0.2) is 5.58 Å². The Hall–Kier alpha value is -1.49. The number of amides is 1. The molecule has 0 aliphatic heterocycles. The van der Waals surface area contributed by atoms with Crippen LogP contribution in [0.5, 0.6) is 0 Å². The number of oxazole rings is 1. The number of aromatic nitrogens is 1. The van der Waals surface area contributed by atoms with Crippen LogP contribution in [0.15, 0.2) is 27.8 Å². The molecule has 0 aliphatic carbocycles. The quantitative estimate of drug-likeness (QED) is 0.851. The third-order valence-corrected chi connectivity index (χ3v) is 3.01. The fourth-order valence-corrected chi connectivity index (χ4v) is 2.03. The second kappa shape index (κ2) is 4.79. The van der Waals surface area contributed by atoms with Crippen molar-refractivity contribution in [3.63, 3.8) is 0 Å². The lowest BCUT2D eigenvalue weighted by Gasteiger charge is -2.12. The first-order chi connectivity index (χ1) is 8.10. The molecule has 2 rings (SSSR count). The average molecular weight is 250 g/mol. The zero-order valence-electron chi connectivity index (χ0n) is 9.98. The number of thioether (sulfide) groups is 1. The number of hydrogen-bond acceptors (Lipinski definition) is 4. The van der Waals surface area contributed by atoms with Crippen LogP contribution < -0.4 is 5.32 Å². The standard InChI is InChI=1S/C12H14N2O2S/c1-7(13-8(2)15)9-4-5-10-11(6-9)16-12(14-10)17-3/h4-7H,1-3H3,(H,13,15)/t7-/m0/s1. The molecule has 0 radical (unpaired) electrons. The van der Waals surface area contributed by atoms with Crippen molar-refractivity contribution in [1.82, 2.24) is 10.3 Å². The highest BCUT2D eigenvalue weighted by atomic mass is 32.2. The number of nitrogens with one attached hydrogen (secondary N) is 1. The molecule has 1 heterocycles. The maximum absolute atomic E-state index is 11.0. The molecular formula is C12H14N2O2S. The zero-order chi connectivity index (χ0) is 12.4. The summed E-state index contributed by atoms with van der Waals surface area (Å²) in [5.74, 6) is -0.0417. The van der Waals surface area contributed by atoms with Crippen molar-refractivity contribution in [2.45, 2.75) is 25.1 Å². The lowest BCUT2D eigenvalue weighted by Crippen LogP contribution is -2.23. The normalized spacial score (nSPS) is 12.6. The lowest BCUT2D eigenvalue weighted by molar-refractivity contribution is -0.119. The van der Waals surface area contributed by atoms with Crippen molar-refractivity contribution in [2.24, 2.45) is 0 Å². The van der Waals surface area contributed by atoms with Crippen LogP contribution in [0.3, 0.4) is 0 Å². The van der Waals surface area contributed by atoms with Crippen molar-refractivity contribution in [1.29, 1.82) is 0 Å². The molecule has 0 bridgehead atoms. The van der Waals surface area contributed by atoms with Crippen molar-refractivity contribution in [2.75, 3.05) is 6.26 Å². The molecule has 0 fully saturated rings. The summed E-state index contributed by atoms with van der Waals surface area (Å²) < 4.78 is 5.55. The van der Waals surface area contributed by atoms with Gasteiger partial charge in [-0.25, -0.2) is 4.98 Å². The second-order valence-electron chi connectivity index (χ2n) is 3.83. The fraction of sp³-hybridized carbons (Fsp3) is 0.333. The minimum atomic E-state index is -0.0417. The Morgan fingerprint density at radius 1 is 1.53 bits per heavy atom. The zero-order valence-corrected chi connectivity index (χ0v) is 10.8. The highest BCUT2D eigenvalue weighted by molar-refractivity contribution is 7.98. The maximum atomic E-state index is 11.0. The van der Waals surface area contributed by atoms with Crippen LogP contribution in [0, 0.1) is 0 Å². The van der Waals surface area contributed by atoms with Gasteiger partial charge in [-0.1, -0.05) is 17.8 Å². The fourth-order valence-electron chi connectivity index (χ4n) is 1.66. The van der Waals surface area contributed by atoms with Gasteiger partial charge in [0.05, 0.1) is 6.04 Å². The largest absolute Gasteiger partial charge is 0.431 e. The number of hydrogen-bond donors (Lipinski definition) is 1. The molecule has 1 amide bonds. The van der Waals surface area contributed by atoms with Crippen molar-refractivity contribution in [3.05, 3.63) is 23.8 Å². The van der Waals surface area contributed by atoms with Crippen molar-refractivity contribution >= 4 is 28.8 Å². The van der Waals surface area contributed by atoms with Gasteiger partial charge in [-0.05, 0) is 30.9 Å². The topological polar surface area (TPSA) is 55.1 Å². The number of carbonyl (C=O) groups is 1. The molecule has 0 aliphatic rings. The summed E-state index contributed by atoms with van der Waals surface area (Å²) in [5.41, 5.74) is 2.61. The molecule has 4 nitrogen and oxygen atoms in total. The molecule has 0 saturated carbocycles. The van der Waals surface area contributed by atoms with E-state index in [0.717, 1.165) is 16.7 Å². The van der Waals surface area contributed by atoms with Crippen LogP contribution in [0.1, 0.15) is 25.5 Å². The molecule has 0 spiro atoms. The van der Waals surface area contributed by atoms with Gasteiger partial charge in [-0.3, -0.25) is 4.79 Å². The molecule has 2 aromatic rings. The smallest absolute Gasteiger partial charge is 0.256 e. The predicted octanol–water partition coefficient (Wildman–Crippen LogP) is 2.75. The Kier molecular flexibility index (Phi) is 3.38. The lowest BCUT2D eigenvalue weighted by atomic mass is 10.1. The van der Waals surface area contributed by atoms with Gasteiger partial charge in [0.25, 0.3) is 5.22 Å². The van der Waals surface area contributed by atoms with E-state index in [1.54, 1.807) is 0 Å². The Bertz CT molecular complexity index is 550. The predicted molar refractivity (Wildman–Crippen MR) is 68.0 cm³/mol. The molecule has 0 unspecified atom stereocenters. The van der Waals surface area contributed by atoms with Crippen LogP contribution in [-0.4, -0.2) is 17.1 Å². The SMILES string of the molecule is CSc1nc2ccc([C@H](C)NC(C)=O)cc2o1. The van der Waals surface area contributed by atoms with Crippen LogP contribution in [0.2, 0.25) is 0 Å². The number of fused-ring (bicyclic) bond motifs is 1. The molecule has 1 atom stereocenters. The molecule has 1 N–H and O–H groups in total. The third kappa shape index (κ3) is 2.61. The van der Waals surface area contributed by atoms with Gasteiger partial charge in [0.1, 0.15) is 5.52 Å². The molecule has 1 aromatic heterocycles. The molecule has 1 aromatic carbocycles. The van der Waals surface area contributed by atoms with E-state index in [-0.39, 0.29) is 11.9 Å². The highest BCUT2D eigenvalue weighted by Gasteiger charge is 2.10. The van der Waals surface area contributed by atoms with Gasteiger partial charge in [0.2, 0.25) is 5.91 Å². The molecule has 5 heteroatoms. The summed E-state index contributed by atoms with van der Waals surface area (Å²) in [6.45, 7) is 3.45. The summed E-state index contributed by atoms with van der Waals surface area (Å²) in [4.78, 5) is 15.3. The number of benzene rings is 1. The van der Waals surface area contributed by atoms with Crippen LogP contribution in [0.25, 0.3) is 11.1 Å². The summed E-state index contributed by atoms with van der Waals surface area (Å²) >= 11 is 1.47. The van der Waals surface area contributed by atoms with Gasteiger partial charge >= 0.3 is 0 Å². The summed E-state index contributed by atoms with van der Waals surface area (Å²) in [6, 6.07) is 5.75. The minimum absolute atomic E-state index is 0.0280. The van der Waals surface area contributed by atoms with Gasteiger partial charge in [-0.15, -0.1) is 0 Å². The van der Waals surface area contributed by atoms with Crippen LogP contribution in [-0.2, 0) is 4.79 Å². The minimum Gasteiger partial charge on any atom is -0.431 e. The first-order valence-corrected chi connectivity index (χ1v) is 6.54. The number of carbonyl (C=O) groups excluding carboxylic acids is 1. The molecule has 0 saturated heterocycles. The monoisotopic (exact) mass is 250 g/mol. The summed E-state index contributed by atoms with van der Waals surface area (Å²) in [6.07, 6.45) is 1.92. The Labute approximate surface area is 104 Å². The third-order valence-electron chi connectivity index (χ3n) is 2.49. The van der Waals surface area contributed by atoms with E-state index in [2.05, 4.69) is 10.3 Å². The van der Waals surface area contributed by atoms with E-state index in [0.29, 0.717) is 5.22 Å². The summed E-state index contributed by atoms with van der Waals surface area (Å²) in [5, 5.41) is 3.50. The Balaban J connectivity index is 2.33. The van der Waals surface area contributed by atoms with Gasteiger partial charge in [0, 0.05) is 6.92 Å². The van der Waals surface area contributed by atoms with E-state index >= 15 is 0 Å². The average Bonchev–Trinajstić information content (AvgIpc) is 2.69. The Morgan fingerprint density at radius 2 is 2.29 bits per heavy atom. The first-order valence-electron chi connectivity index (χ1n) is 5.31. The molecule has 90 valence electrons. The maximum Gasteiger partial charge on any atom is 0.256 e. The van der Waals surface area contributed by atoms with E-state index in [9.17, 15) is 4.79 Å². The first kappa shape index (κ1) is 12.0. The van der Waals surface area contributed by atoms with Crippen LogP contribution >= 0.6 is 11.8 Å². The Morgan fingerprint density at radius 3 is 2.94 bits per heavy atom. The van der Waals surface area contributed by atoms with Gasteiger partial charge < -0.3 is 9.73 Å². The van der Waals surface area contributed by atoms with E-state index in [4.69, 9.17) is 4.42 Å².